The topological polar surface area (TPSA) is 66.4 Å². The van der Waals surface area contributed by atoms with E-state index in [1.54, 1.807) is 30.2 Å². The first-order valence-corrected chi connectivity index (χ1v) is 11.1. The van der Waals surface area contributed by atoms with Crippen LogP contribution in [0.25, 0.3) is 0 Å². The Morgan fingerprint density at radius 1 is 1.00 bits per heavy atom. The van der Waals surface area contributed by atoms with Crippen molar-refractivity contribution in [2.75, 3.05) is 38.6 Å². The molecule has 1 N–H and O–H groups in total. The molecule has 33 heavy (non-hydrogen) atoms. The third kappa shape index (κ3) is 4.32. The number of nitrogens with zero attached hydrogens (tertiary/aromatic N) is 3. The van der Waals surface area contributed by atoms with Crippen LogP contribution in [0, 0.1) is 0 Å². The molecule has 2 aliphatic heterocycles. The van der Waals surface area contributed by atoms with E-state index in [0.717, 1.165) is 28.6 Å². The van der Waals surface area contributed by atoms with E-state index in [9.17, 15) is 4.79 Å². The van der Waals surface area contributed by atoms with Gasteiger partial charge in [-0.15, -0.1) is 0 Å². The second kappa shape index (κ2) is 9.03. The Kier molecular flexibility index (Phi) is 5.79. The molecule has 1 saturated heterocycles. The molecule has 8 heteroatoms. The number of methoxy groups -OCH3 is 1. The molecule has 2 heterocycles. The van der Waals surface area contributed by atoms with E-state index < -0.39 is 0 Å². The molecule has 168 valence electrons. The lowest BCUT2D eigenvalue weighted by atomic mass is 10.1. The highest BCUT2D eigenvalue weighted by atomic mass is 35.5. The predicted octanol–water partition coefficient (Wildman–Crippen LogP) is 5.38. The number of rotatable bonds is 2. The summed E-state index contributed by atoms with van der Waals surface area (Å²) in [5.74, 6) is 2.92. The van der Waals surface area contributed by atoms with Crippen LogP contribution in [-0.2, 0) is 0 Å². The van der Waals surface area contributed by atoms with E-state index >= 15 is 0 Å². The average molecular weight is 463 g/mol. The van der Waals surface area contributed by atoms with E-state index in [1.165, 1.54) is 0 Å². The maximum Gasteiger partial charge on any atom is 0.322 e. The van der Waals surface area contributed by atoms with Gasteiger partial charge in [0.2, 0.25) is 0 Å². The Bertz CT molecular complexity index is 1220. The molecule has 0 spiro atoms. The van der Waals surface area contributed by atoms with E-state index in [-0.39, 0.29) is 6.03 Å². The molecular formula is C25H23ClN4O3. The van der Waals surface area contributed by atoms with Crippen LogP contribution in [0.15, 0.2) is 71.7 Å². The van der Waals surface area contributed by atoms with Crippen LogP contribution in [-0.4, -0.2) is 55.0 Å². The third-order valence-electron chi connectivity index (χ3n) is 5.71. The summed E-state index contributed by atoms with van der Waals surface area (Å²) in [4.78, 5) is 21.8. The fourth-order valence-corrected chi connectivity index (χ4v) is 4.18. The van der Waals surface area contributed by atoms with Crippen LogP contribution in [0.5, 0.6) is 17.2 Å². The molecule has 3 aromatic rings. The normalized spacial score (nSPS) is 14.9. The van der Waals surface area contributed by atoms with Gasteiger partial charge in [-0.3, -0.25) is 0 Å². The van der Waals surface area contributed by atoms with Crippen LogP contribution in [0.1, 0.15) is 5.56 Å². The monoisotopic (exact) mass is 462 g/mol. The molecule has 0 saturated carbocycles. The molecular weight excluding hydrogens is 440 g/mol. The van der Waals surface area contributed by atoms with Gasteiger partial charge in [0.15, 0.2) is 5.75 Å². The number of aliphatic imine (C=N–C) groups is 1. The van der Waals surface area contributed by atoms with E-state index in [4.69, 9.17) is 26.1 Å². The second-order valence-electron chi connectivity index (χ2n) is 7.75. The minimum absolute atomic E-state index is 0.188. The van der Waals surface area contributed by atoms with Gasteiger partial charge in [0.25, 0.3) is 0 Å². The van der Waals surface area contributed by atoms with Crippen molar-refractivity contribution in [2.24, 2.45) is 4.99 Å². The lowest BCUT2D eigenvalue weighted by molar-refractivity contribution is 0.181. The molecule has 0 atom stereocenters. The zero-order valence-electron chi connectivity index (χ0n) is 18.1. The summed E-state index contributed by atoms with van der Waals surface area (Å²) in [6, 6.07) is 20.6. The number of carbonyl (C=O) groups excluding carboxylic acids is 1. The number of hydrogen-bond donors (Lipinski definition) is 1. The smallest absolute Gasteiger partial charge is 0.322 e. The zero-order chi connectivity index (χ0) is 22.8. The number of halogens is 1. The van der Waals surface area contributed by atoms with Gasteiger partial charge >= 0.3 is 6.03 Å². The fourth-order valence-electron chi connectivity index (χ4n) is 4.00. The van der Waals surface area contributed by atoms with Gasteiger partial charge < -0.3 is 24.6 Å². The minimum atomic E-state index is -0.188. The molecule has 1 fully saturated rings. The number of urea groups is 1. The Hall–Kier alpha value is -3.71. The lowest BCUT2D eigenvalue weighted by Gasteiger charge is -2.36. The summed E-state index contributed by atoms with van der Waals surface area (Å²) < 4.78 is 11.5. The summed E-state index contributed by atoms with van der Waals surface area (Å²) in [5, 5.41) is 3.44. The van der Waals surface area contributed by atoms with Crippen LogP contribution >= 0.6 is 11.6 Å². The Morgan fingerprint density at radius 2 is 1.73 bits per heavy atom. The predicted molar refractivity (Wildman–Crippen MR) is 129 cm³/mol. The summed E-state index contributed by atoms with van der Waals surface area (Å²) >= 11 is 6.09. The summed E-state index contributed by atoms with van der Waals surface area (Å²) in [7, 11) is 1.56. The van der Waals surface area contributed by atoms with Crippen LogP contribution < -0.4 is 14.8 Å². The molecule has 3 aromatic carbocycles. The molecule has 0 radical (unpaired) electrons. The van der Waals surface area contributed by atoms with E-state index in [1.807, 2.05) is 48.5 Å². The Morgan fingerprint density at radius 3 is 2.52 bits per heavy atom. The number of carbonyl (C=O) groups is 1. The summed E-state index contributed by atoms with van der Waals surface area (Å²) in [6.07, 6.45) is 0. The van der Waals surface area contributed by atoms with Crippen molar-refractivity contribution in [1.29, 1.82) is 0 Å². The first-order chi connectivity index (χ1) is 16.1. The first-order valence-electron chi connectivity index (χ1n) is 10.7. The first kappa shape index (κ1) is 21.2. The van der Waals surface area contributed by atoms with Crippen molar-refractivity contribution in [3.63, 3.8) is 0 Å². The highest BCUT2D eigenvalue weighted by Gasteiger charge is 2.27. The minimum Gasteiger partial charge on any atom is -0.495 e. The number of piperazine rings is 1. The number of fused-ring (bicyclic) bond motifs is 2. The van der Waals surface area contributed by atoms with Gasteiger partial charge in [-0.2, -0.15) is 0 Å². The molecule has 0 aromatic heterocycles. The van der Waals surface area contributed by atoms with Crippen molar-refractivity contribution >= 4 is 34.8 Å². The largest absolute Gasteiger partial charge is 0.495 e. The number of benzene rings is 3. The highest BCUT2D eigenvalue weighted by molar-refractivity contribution is 6.31. The number of nitrogens with one attached hydrogen (secondary N) is 1. The van der Waals surface area contributed by atoms with Crippen LogP contribution in [0.3, 0.4) is 0 Å². The Balaban J connectivity index is 1.33. The average Bonchev–Trinajstić information content (AvgIpc) is 3.01. The van der Waals surface area contributed by atoms with Crippen molar-refractivity contribution in [2.45, 2.75) is 0 Å². The van der Waals surface area contributed by atoms with E-state index in [2.05, 4.69) is 10.2 Å². The van der Waals surface area contributed by atoms with Gasteiger partial charge in [-0.05, 0) is 42.5 Å². The Labute approximate surface area is 197 Å². The van der Waals surface area contributed by atoms with Gasteiger partial charge in [0.1, 0.15) is 23.0 Å². The standard InChI is InChI=1S/C25H23ClN4O3/c1-32-22-11-10-17(26)16-20(22)28-25(31)30-14-12-29(13-15-30)24-18-6-2-4-8-21(18)33-23-9-5-3-7-19(23)27-24/h2-11,16H,12-15H2,1H3,(H,28,31). The fraction of sp³-hybridized carbons (Fsp3) is 0.200. The van der Waals surface area contributed by atoms with Gasteiger partial charge in [0.05, 0.1) is 18.4 Å². The maximum atomic E-state index is 12.9. The molecule has 0 unspecified atom stereocenters. The van der Waals surface area contributed by atoms with Crippen molar-refractivity contribution < 1.29 is 14.3 Å². The van der Waals surface area contributed by atoms with Crippen molar-refractivity contribution in [3.8, 4) is 17.2 Å². The number of anilines is 1. The third-order valence-corrected chi connectivity index (χ3v) is 5.94. The quantitative estimate of drug-likeness (QED) is 0.555. The lowest BCUT2D eigenvalue weighted by Crippen LogP contribution is -2.51. The van der Waals surface area contributed by atoms with Gasteiger partial charge in [-0.25, -0.2) is 9.79 Å². The molecule has 5 rings (SSSR count). The molecule has 0 aliphatic carbocycles. The van der Waals surface area contributed by atoms with Crippen LogP contribution in [0.4, 0.5) is 16.2 Å². The molecule has 2 amide bonds. The van der Waals surface area contributed by atoms with Crippen LogP contribution in [0.2, 0.25) is 5.02 Å². The number of amidine groups is 1. The highest BCUT2D eigenvalue weighted by Crippen LogP contribution is 2.38. The summed E-state index contributed by atoms with van der Waals surface area (Å²) in [5.41, 5.74) is 2.28. The zero-order valence-corrected chi connectivity index (χ0v) is 18.9. The van der Waals surface area contributed by atoms with Gasteiger partial charge in [0, 0.05) is 31.2 Å². The van der Waals surface area contributed by atoms with Crippen molar-refractivity contribution in [3.05, 3.63) is 77.3 Å². The number of ether oxygens (including phenoxy) is 2. The SMILES string of the molecule is COc1ccc(Cl)cc1NC(=O)N1CCN(C2=Nc3ccccc3Oc3ccccc32)CC1. The molecule has 2 aliphatic rings. The maximum absolute atomic E-state index is 12.9. The van der Waals surface area contributed by atoms with E-state index in [0.29, 0.717) is 42.6 Å². The molecule has 7 nitrogen and oxygen atoms in total. The second-order valence-corrected chi connectivity index (χ2v) is 8.19. The van der Waals surface area contributed by atoms with Crippen molar-refractivity contribution in [1.82, 2.24) is 9.80 Å². The van der Waals surface area contributed by atoms with Gasteiger partial charge in [-0.1, -0.05) is 35.9 Å². The number of para-hydroxylation sites is 3. The number of hydrogen-bond acceptors (Lipinski definition) is 5. The number of amides is 2. The molecule has 0 bridgehead atoms. The summed E-state index contributed by atoms with van der Waals surface area (Å²) in [6.45, 7) is 2.40.